The number of amides is 2. The van der Waals surface area contributed by atoms with Gasteiger partial charge in [-0.2, -0.15) is 0 Å². The van der Waals surface area contributed by atoms with E-state index in [4.69, 9.17) is 0 Å². The zero-order valence-electron chi connectivity index (χ0n) is 17.5. The highest BCUT2D eigenvalue weighted by atomic mass is 16.2. The van der Waals surface area contributed by atoms with Crippen LogP contribution in [0.5, 0.6) is 0 Å². The topological polar surface area (TPSA) is 63.1 Å². The highest BCUT2D eigenvalue weighted by Crippen LogP contribution is 2.24. The van der Waals surface area contributed by atoms with E-state index >= 15 is 0 Å². The van der Waals surface area contributed by atoms with Crippen LogP contribution in [0.15, 0.2) is 54.6 Å². The molecular formula is C25H29N3O2. The summed E-state index contributed by atoms with van der Waals surface area (Å²) in [4.78, 5) is 24.9. The van der Waals surface area contributed by atoms with Gasteiger partial charge in [-0.05, 0) is 48.6 Å². The Morgan fingerprint density at radius 1 is 0.967 bits per heavy atom. The Morgan fingerprint density at radius 3 is 2.43 bits per heavy atom. The SMILES string of the molecule is CNC(=O)c1ccc(Cn2c(C(=O)NCC3CCCCC3)cc3ccccc32)cc1. The van der Waals surface area contributed by atoms with Crippen molar-refractivity contribution < 1.29 is 9.59 Å². The number of rotatable bonds is 6. The number of hydrogen-bond donors (Lipinski definition) is 2. The number of nitrogens with zero attached hydrogens (tertiary/aromatic N) is 1. The molecular weight excluding hydrogens is 374 g/mol. The molecule has 2 amide bonds. The van der Waals surface area contributed by atoms with E-state index in [1.165, 1.54) is 32.1 Å². The number of hydrogen-bond acceptors (Lipinski definition) is 2. The molecule has 1 aliphatic carbocycles. The average molecular weight is 404 g/mol. The maximum Gasteiger partial charge on any atom is 0.267 e. The number of fused-ring (bicyclic) bond motifs is 1. The van der Waals surface area contributed by atoms with Crippen LogP contribution in [0.4, 0.5) is 0 Å². The summed E-state index contributed by atoms with van der Waals surface area (Å²) < 4.78 is 2.07. The van der Waals surface area contributed by atoms with Crippen LogP contribution < -0.4 is 10.6 Å². The Kier molecular flexibility index (Phi) is 6.17. The van der Waals surface area contributed by atoms with Crippen molar-refractivity contribution in [2.75, 3.05) is 13.6 Å². The van der Waals surface area contributed by atoms with Gasteiger partial charge in [-0.25, -0.2) is 0 Å². The minimum atomic E-state index is -0.101. The molecule has 0 bridgehead atoms. The maximum absolute atomic E-state index is 13.1. The molecule has 5 heteroatoms. The summed E-state index contributed by atoms with van der Waals surface area (Å²) in [5, 5.41) is 6.87. The van der Waals surface area contributed by atoms with Crippen molar-refractivity contribution in [3.63, 3.8) is 0 Å². The van der Waals surface area contributed by atoms with Crippen molar-refractivity contribution in [1.29, 1.82) is 0 Å². The summed E-state index contributed by atoms with van der Waals surface area (Å²) in [6, 6.07) is 17.6. The quantitative estimate of drug-likeness (QED) is 0.642. The van der Waals surface area contributed by atoms with Gasteiger partial charge in [0.25, 0.3) is 11.8 Å². The Hall–Kier alpha value is -3.08. The molecule has 0 unspecified atom stereocenters. The first-order valence-electron chi connectivity index (χ1n) is 10.8. The third kappa shape index (κ3) is 4.40. The second-order valence-electron chi connectivity index (χ2n) is 8.16. The normalized spacial score (nSPS) is 14.6. The van der Waals surface area contributed by atoms with E-state index in [0.29, 0.717) is 23.7 Å². The van der Waals surface area contributed by atoms with Gasteiger partial charge in [-0.3, -0.25) is 9.59 Å². The second-order valence-corrected chi connectivity index (χ2v) is 8.16. The largest absolute Gasteiger partial charge is 0.355 e. The number of nitrogens with one attached hydrogen (secondary N) is 2. The molecule has 0 spiro atoms. The van der Waals surface area contributed by atoms with E-state index in [1.807, 2.05) is 54.6 Å². The van der Waals surface area contributed by atoms with Crippen molar-refractivity contribution in [1.82, 2.24) is 15.2 Å². The molecule has 2 N–H and O–H groups in total. The Labute approximate surface area is 177 Å². The highest BCUT2D eigenvalue weighted by molar-refractivity contribution is 5.99. The lowest BCUT2D eigenvalue weighted by molar-refractivity contribution is 0.0933. The predicted molar refractivity (Wildman–Crippen MR) is 120 cm³/mol. The Morgan fingerprint density at radius 2 is 1.70 bits per heavy atom. The van der Waals surface area contributed by atoms with Crippen LogP contribution in [0.1, 0.15) is 58.5 Å². The highest BCUT2D eigenvalue weighted by Gasteiger charge is 2.19. The van der Waals surface area contributed by atoms with Gasteiger partial charge in [0.05, 0.1) is 0 Å². The fourth-order valence-electron chi connectivity index (χ4n) is 4.38. The molecule has 1 aromatic heterocycles. The van der Waals surface area contributed by atoms with Gasteiger partial charge >= 0.3 is 0 Å². The monoisotopic (exact) mass is 403 g/mol. The molecule has 30 heavy (non-hydrogen) atoms. The molecule has 0 radical (unpaired) electrons. The van der Waals surface area contributed by atoms with Gasteiger partial charge in [0.15, 0.2) is 0 Å². The predicted octanol–water partition coefficient (Wildman–Crippen LogP) is 4.36. The standard InChI is InChI=1S/C25H29N3O2/c1-26-24(29)20-13-11-19(12-14-20)17-28-22-10-6-5-9-21(22)15-23(28)25(30)27-16-18-7-3-2-4-8-18/h5-6,9-15,18H,2-4,7-8,16-17H2,1H3,(H,26,29)(H,27,30). The van der Waals surface area contributed by atoms with Crippen molar-refractivity contribution in [3.8, 4) is 0 Å². The lowest BCUT2D eigenvalue weighted by Crippen LogP contribution is -2.31. The van der Waals surface area contributed by atoms with Crippen LogP contribution in [0.2, 0.25) is 0 Å². The van der Waals surface area contributed by atoms with Crippen molar-refractivity contribution >= 4 is 22.7 Å². The molecule has 1 aliphatic rings. The molecule has 1 saturated carbocycles. The molecule has 156 valence electrons. The van der Waals surface area contributed by atoms with Crippen molar-refractivity contribution in [3.05, 3.63) is 71.4 Å². The first kappa shape index (κ1) is 20.2. The fourth-order valence-corrected chi connectivity index (χ4v) is 4.38. The van der Waals surface area contributed by atoms with Gasteiger partial charge < -0.3 is 15.2 Å². The molecule has 4 rings (SSSR count). The summed E-state index contributed by atoms with van der Waals surface area (Å²) in [6.07, 6.45) is 6.28. The number of aromatic nitrogens is 1. The van der Waals surface area contributed by atoms with Gasteiger partial charge in [0, 0.05) is 36.6 Å². The molecule has 5 nitrogen and oxygen atoms in total. The van der Waals surface area contributed by atoms with Gasteiger partial charge in [-0.1, -0.05) is 49.6 Å². The second kappa shape index (κ2) is 9.16. The summed E-state index contributed by atoms with van der Waals surface area (Å²) in [5.41, 5.74) is 3.40. The lowest BCUT2D eigenvalue weighted by Gasteiger charge is -2.22. The van der Waals surface area contributed by atoms with E-state index < -0.39 is 0 Å². The van der Waals surface area contributed by atoms with Gasteiger partial charge in [-0.15, -0.1) is 0 Å². The van der Waals surface area contributed by atoms with E-state index in [1.54, 1.807) is 7.05 Å². The number of carbonyl (C=O) groups is 2. The van der Waals surface area contributed by atoms with Crippen LogP contribution in [0, 0.1) is 5.92 Å². The minimum absolute atomic E-state index is 0.0150. The van der Waals surface area contributed by atoms with Gasteiger partial charge in [0.2, 0.25) is 0 Å². The zero-order chi connectivity index (χ0) is 20.9. The number of benzene rings is 2. The number of para-hydroxylation sites is 1. The van der Waals surface area contributed by atoms with Crippen molar-refractivity contribution in [2.24, 2.45) is 5.92 Å². The summed E-state index contributed by atoms with van der Waals surface area (Å²) in [7, 11) is 1.63. The lowest BCUT2D eigenvalue weighted by atomic mass is 9.89. The molecule has 1 fully saturated rings. The van der Waals surface area contributed by atoms with Crippen molar-refractivity contribution in [2.45, 2.75) is 38.6 Å². The first-order chi connectivity index (χ1) is 14.7. The molecule has 0 aliphatic heterocycles. The molecule has 1 heterocycles. The smallest absolute Gasteiger partial charge is 0.267 e. The maximum atomic E-state index is 13.1. The number of carbonyl (C=O) groups excluding carboxylic acids is 2. The summed E-state index contributed by atoms with van der Waals surface area (Å²) in [6.45, 7) is 1.33. The molecule has 3 aromatic rings. The zero-order valence-corrected chi connectivity index (χ0v) is 17.5. The van der Waals surface area contributed by atoms with Crippen LogP contribution in [-0.2, 0) is 6.54 Å². The van der Waals surface area contributed by atoms with Crippen LogP contribution in [-0.4, -0.2) is 30.0 Å². The first-order valence-corrected chi connectivity index (χ1v) is 10.8. The summed E-state index contributed by atoms with van der Waals surface area (Å²) >= 11 is 0. The third-order valence-electron chi connectivity index (χ3n) is 6.10. The summed E-state index contributed by atoms with van der Waals surface area (Å²) in [5.74, 6) is 0.479. The Balaban J connectivity index is 1.57. The van der Waals surface area contributed by atoms with Crippen LogP contribution in [0.3, 0.4) is 0 Å². The molecule has 0 saturated heterocycles. The van der Waals surface area contributed by atoms with E-state index in [2.05, 4.69) is 15.2 Å². The molecule has 0 atom stereocenters. The van der Waals surface area contributed by atoms with E-state index in [0.717, 1.165) is 23.0 Å². The van der Waals surface area contributed by atoms with Gasteiger partial charge in [0.1, 0.15) is 5.69 Å². The fraction of sp³-hybridized carbons (Fsp3) is 0.360. The van der Waals surface area contributed by atoms with Crippen LogP contribution >= 0.6 is 0 Å². The minimum Gasteiger partial charge on any atom is -0.355 e. The van der Waals surface area contributed by atoms with E-state index in [9.17, 15) is 9.59 Å². The molecule has 2 aromatic carbocycles. The Bertz CT molecular complexity index is 1030. The van der Waals surface area contributed by atoms with Crippen LogP contribution in [0.25, 0.3) is 10.9 Å². The van der Waals surface area contributed by atoms with E-state index in [-0.39, 0.29) is 11.8 Å². The third-order valence-corrected chi connectivity index (χ3v) is 6.10. The average Bonchev–Trinajstić information content (AvgIpc) is 3.16.